The van der Waals surface area contributed by atoms with Crippen molar-refractivity contribution in [3.05, 3.63) is 51.1 Å². The first-order valence-corrected chi connectivity index (χ1v) is 8.43. The van der Waals surface area contributed by atoms with Gasteiger partial charge in [-0.2, -0.15) is 0 Å². The Labute approximate surface area is 151 Å². The van der Waals surface area contributed by atoms with Gasteiger partial charge in [0.15, 0.2) is 0 Å². The first kappa shape index (κ1) is 18.8. The largest absolute Gasteiger partial charge is 0.391 e. The highest BCUT2D eigenvalue weighted by atomic mass is 127. The third-order valence-electron chi connectivity index (χ3n) is 2.60. The Morgan fingerprint density at radius 3 is 2.73 bits per heavy atom. The topological polar surface area (TPSA) is 71.8 Å². The molecule has 0 spiro atoms. The lowest BCUT2D eigenvalue weighted by molar-refractivity contribution is 0.627. The summed E-state index contributed by atoms with van der Waals surface area (Å²) in [5.41, 5.74) is 2.26. The molecule has 0 bridgehead atoms. The van der Waals surface area contributed by atoms with Crippen molar-refractivity contribution < 1.29 is 4.39 Å². The molecule has 0 radical (unpaired) electrons. The SMILES string of the molecule is CCN/C=C(\C=N)C/C(=C/C(=N)Br)Nc1ccc(F)cc1I. The Morgan fingerprint density at radius 1 is 1.45 bits per heavy atom. The van der Waals surface area contributed by atoms with Crippen molar-refractivity contribution in [2.24, 2.45) is 0 Å². The third-order valence-corrected chi connectivity index (χ3v) is 3.72. The predicted molar refractivity (Wildman–Crippen MR) is 103 cm³/mol. The molecule has 4 nitrogen and oxygen atoms in total. The van der Waals surface area contributed by atoms with Crippen molar-refractivity contribution >= 4 is 55.0 Å². The van der Waals surface area contributed by atoms with Gasteiger partial charge in [0.05, 0.1) is 10.3 Å². The normalized spacial score (nSPS) is 12.0. The highest BCUT2D eigenvalue weighted by molar-refractivity contribution is 14.1. The maximum absolute atomic E-state index is 13.2. The maximum atomic E-state index is 13.2. The molecule has 1 aromatic carbocycles. The molecule has 0 aromatic heterocycles. The fourth-order valence-electron chi connectivity index (χ4n) is 1.64. The Hall–Kier alpha value is -1.22. The lowest BCUT2D eigenvalue weighted by Gasteiger charge is -2.13. The van der Waals surface area contributed by atoms with Crippen LogP contribution in [0.25, 0.3) is 0 Å². The molecule has 0 saturated heterocycles. The van der Waals surface area contributed by atoms with Crippen LogP contribution in [-0.4, -0.2) is 17.4 Å². The van der Waals surface area contributed by atoms with Gasteiger partial charge in [-0.25, -0.2) is 4.39 Å². The van der Waals surface area contributed by atoms with E-state index in [4.69, 9.17) is 10.8 Å². The van der Waals surface area contributed by atoms with Gasteiger partial charge in [-0.15, -0.1) is 0 Å². The minimum atomic E-state index is -0.291. The summed E-state index contributed by atoms with van der Waals surface area (Å²) >= 11 is 5.15. The van der Waals surface area contributed by atoms with E-state index < -0.39 is 0 Å². The zero-order valence-electron chi connectivity index (χ0n) is 12.0. The number of benzene rings is 1. The fourth-order valence-corrected chi connectivity index (χ4v) is 2.53. The number of hydrogen-bond donors (Lipinski definition) is 4. The van der Waals surface area contributed by atoms with Crippen LogP contribution in [0.1, 0.15) is 13.3 Å². The van der Waals surface area contributed by atoms with Crippen molar-refractivity contribution in [3.63, 3.8) is 0 Å². The van der Waals surface area contributed by atoms with Crippen molar-refractivity contribution in [2.45, 2.75) is 13.3 Å². The summed E-state index contributed by atoms with van der Waals surface area (Å²) < 4.78 is 14.1. The van der Waals surface area contributed by atoms with E-state index in [1.165, 1.54) is 18.3 Å². The Bertz CT molecular complexity index is 614. The van der Waals surface area contributed by atoms with E-state index in [0.29, 0.717) is 6.42 Å². The van der Waals surface area contributed by atoms with E-state index in [2.05, 4.69) is 49.2 Å². The molecule has 0 amide bonds. The number of allylic oxidation sites excluding steroid dienone is 2. The number of hydrogen-bond acceptors (Lipinski definition) is 4. The van der Waals surface area contributed by atoms with Gasteiger partial charge >= 0.3 is 0 Å². The minimum absolute atomic E-state index is 0.222. The van der Waals surface area contributed by atoms with Crippen LogP contribution in [0.5, 0.6) is 0 Å². The average Bonchev–Trinajstić information content (AvgIpc) is 2.45. The molecule has 0 aliphatic rings. The molecular formula is C15H17BrFIN4. The van der Waals surface area contributed by atoms with E-state index in [9.17, 15) is 4.39 Å². The summed E-state index contributed by atoms with van der Waals surface area (Å²) in [6.45, 7) is 2.75. The highest BCUT2D eigenvalue weighted by Gasteiger charge is 2.06. The zero-order valence-corrected chi connectivity index (χ0v) is 15.8. The minimum Gasteiger partial charge on any atom is -0.391 e. The van der Waals surface area contributed by atoms with Crippen LogP contribution in [-0.2, 0) is 0 Å². The van der Waals surface area contributed by atoms with Gasteiger partial charge in [-0.05, 0) is 75.3 Å². The lowest BCUT2D eigenvalue weighted by atomic mass is 10.1. The van der Waals surface area contributed by atoms with Crippen LogP contribution in [0, 0.1) is 20.2 Å². The second kappa shape index (κ2) is 9.73. The van der Waals surface area contributed by atoms with Crippen molar-refractivity contribution in [1.82, 2.24) is 5.32 Å². The highest BCUT2D eigenvalue weighted by Crippen LogP contribution is 2.22. The quantitative estimate of drug-likeness (QED) is 0.325. The fraction of sp³-hybridized carbons (Fsp3) is 0.200. The molecule has 7 heteroatoms. The van der Waals surface area contributed by atoms with Gasteiger partial charge in [0.25, 0.3) is 0 Å². The Balaban J connectivity index is 2.99. The molecule has 0 aliphatic carbocycles. The van der Waals surface area contributed by atoms with E-state index in [-0.39, 0.29) is 10.4 Å². The van der Waals surface area contributed by atoms with Crippen LogP contribution in [0.2, 0.25) is 0 Å². The maximum Gasteiger partial charge on any atom is 0.124 e. The van der Waals surface area contributed by atoms with E-state index in [1.54, 1.807) is 18.3 Å². The van der Waals surface area contributed by atoms with E-state index in [0.717, 1.165) is 27.1 Å². The van der Waals surface area contributed by atoms with Crippen LogP contribution in [0.15, 0.2) is 41.7 Å². The average molecular weight is 479 g/mol. The van der Waals surface area contributed by atoms with Gasteiger partial charge in [0.2, 0.25) is 0 Å². The number of halogens is 3. The monoisotopic (exact) mass is 478 g/mol. The summed E-state index contributed by atoms with van der Waals surface area (Å²) in [7, 11) is 0. The van der Waals surface area contributed by atoms with Gasteiger partial charge < -0.3 is 16.0 Å². The zero-order chi connectivity index (χ0) is 16.5. The lowest BCUT2D eigenvalue weighted by Crippen LogP contribution is -2.08. The number of anilines is 1. The van der Waals surface area contributed by atoms with Crippen LogP contribution >= 0.6 is 38.5 Å². The first-order chi connectivity index (χ1) is 10.5. The summed E-state index contributed by atoms with van der Waals surface area (Å²) in [6.07, 6.45) is 5.13. The molecular weight excluding hydrogens is 462 g/mol. The van der Waals surface area contributed by atoms with Gasteiger partial charge in [-0.3, -0.25) is 5.41 Å². The van der Waals surface area contributed by atoms with Crippen LogP contribution in [0.4, 0.5) is 10.1 Å². The van der Waals surface area contributed by atoms with Gasteiger partial charge in [0.1, 0.15) is 5.82 Å². The molecule has 1 rings (SSSR count). The van der Waals surface area contributed by atoms with Crippen LogP contribution in [0.3, 0.4) is 0 Å². The number of nitrogens with one attached hydrogen (secondary N) is 4. The van der Waals surface area contributed by atoms with Gasteiger partial charge in [0, 0.05) is 34.6 Å². The Kier molecular flexibility index (Phi) is 8.32. The predicted octanol–water partition coefficient (Wildman–Crippen LogP) is 4.63. The Morgan fingerprint density at radius 2 is 2.18 bits per heavy atom. The third kappa shape index (κ3) is 6.69. The van der Waals surface area contributed by atoms with Gasteiger partial charge in [-0.1, -0.05) is 0 Å². The van der Waals surface area contributed by atoms with Crippen molar-refractivity contribution in [1.29, 1.82) is 10.8 Å². The van der Waals surface area contributed by atoms with Crippen LogP contribution < -0.4 is 10.6 Å². The first-order valence-electron chi connectivity index (χ1n) is 6.55. The molecule has 118 valence electrons. The summed E-state index contributed by atoms with van der Waals surface area (Å²) in [5, 5.41) is 21.3. The molecule has 0 aliphatic heterocycles. The molecule has 22 heavy (non-hydrogen) atoms. The molecule has 4 N–H and O–H groups in total. The molecule has 0 unspecified atom stereocenters. The second-order valence-electron chi connectivity index (χ2n) is 4.36. The second-order valence-corrected chi connectivity index (χ2v) is 6.38. The summed E-state index contributed by atoms with van der Waals surface area (Å²) in [6, 6.07) is 4.47. The number of rotatable bonds is 8. The molecule has 0 heterocycles. The van der Waals surface area contributed by atoms with E-state index in [1.807, 2.05) is 6.92 Å². The van der Waals surface area contributed by atoms with E-state index >= 15 is 0 Å². The van der Waals surface area contributed by atoms with Crippen molar-refractivity contribution in [3.8, 4) is 0 Å². The standard InChI is InChI=1S/C15H17BrFIN4/c1-2-21-9-10(8-19)5-12(7-15(16)20)22-14-4-3-11(17)6-13(14)18/h3-4,6-9,19-22H,2,5H2,1H3/b10-9-,12-7-,19-8?,20-15?. The molecule has 1 aromatic rings. The summed E-state index contributed by atoms with van der Waals surface area (Å²) in [5.74, 6) is -0.291. The van der Waals surface area contributed by atoms with Crippen molar-refractivity contribution in [2.75, 3.05) is 11.9 Å². The molecule has 0 fully saturated rings. The molecule has 0 saturated carbocycles. The summed E-state index contributed by atoms with van der Waals surface area (Å²) in [4.78, 5) is 0. The molecule has 0 atom stereocenters. The smallest absolute Gasteiger partial charge is 0.124 e.